The van der Waals surface area contributed by atoms with Gasteiger partial charge in [-0.2, -0.15) is 0 Å². The third-order valence-electron chi connectivity index (χ3n) is 2.20. The largest absolute Gasteiger partial charge is 0.349 e. The van der Waals surface area contributed by atoms with Crippen LogP contribution in [-0.4, -0.2) is 13.0 Å². The second-order valence-corrected chi connectivity index (χ2v) is 6.18. The lowest BCUT2D eigenvalue weighted by molar-refractivity contribution is 0.609. The molecule has 0 saturated heterocycles. The Labute approximate surface area is 96.6 Å². The van der Waals surface area contributed by atoms with E-state index >= 15 is 0 Å². The van der Waals surface area contributed by atoms with E-state index in [1.807, 2.05) is 0 Å². The second-order valence-electron chi connectivity index (χ2n) is 3.20. The minimum absolute atomic E-state index is 0.0783. The van der Waals surface area contributed by atoms with Gasteiger partial charge in [-0.1, -0.05) is 11.6 Å². The first-order chi connectivity index (χ1) is 6.89. The summed E-state index contributed by atoms with van der Waals surface area (Å²) in [7, 11) is 3.35. The maximum absolute atomic E-state index is 11.1. The van der Waals surface area contributed by atoms with E-state index in [0.717, 1.165) is 10.9 Å². The molecule has 0 fully saturated rings. The van der Waals surface area contributed by atoms with E-state index in [1.165, 1.54) is 12.1 Å². The Balaban J connectivity index is 2.82. The Bertz CT molecular complexity index is 631. The first-order valence-electron chi connectivity index (χ1n) is 4.09. The summed E-state index contributed by atoms with van der Waals surface area (Å²) in [5.74, 6) is 0. The van der Waals surface area contributed by atoms with E-state index < -0.39 is 9.05 Å². The van der Waals surface area contributed by atoms with Crippen LogP contribution in [0, 0.1) is 0 Å². The molecule has 15 heavy (non-hydrogen) atoms. The lowest BCUT2D eigenvalue weighted by atomic mass is 10.2. The van der Waals surface area contributed by atoms with Gasteiger partial charge in [0.05, 0.1) is 15.4 Å². The van der Waals surface area contributed by atoms with E-state index in [-0.39, 0.29) is 4.90 Å². The molecule has 2 aromatic rings. The van der Waals surface area contributed by atoms with Gasteiger partial charge < -0.3 is 4.57 Å². The Morgan fingerprint density at radius 2 is 2.00 bits per heavy atom. The molecule has 80 valence electrons. The van der Waals surface area contributed by atoms with Crippen molar-refractivity contribution in [2.75, 3.05) is 0 Å². The lowest BCUT2D eigenvalue weighted by Gasteiger charge is -1.99. The highest BCUT2D eigenvalue weighted by Crippen LogP contribution is 2.28. The van der Waals surface area contributed by atoms with Gasteiger partial charge in [-0.3, -0.25) is 0 Å². The van der Waals surface area contributed by atoms with Crippen LogP contribution in [0.25, 0.3) is 10.9 Å². The van der Waals surface area contributed by atoms with Crippen LogP contribution in [0.4, 0.5) is 0 Å². The number of hydrogen-bond acceptors (Lipinski definition) is 2. The monoisotopic (exact) mass is 263 g/mol. The number of halogens is 2. The first-order valence-corrected chi connectivity index (χ1v) is 6.77. The van der Waals surface area contributed by atoms with Gasteiger partial charge in [0.1, 0.15) is 0 Å². The Kier molecular flexibility index (Phi) is 2.45. The third-order valence-corrected chi connectivity index (χ3v) is 3.85. The van der Waals surface area contributed by atoms with Gasteiger partial charge >= 0.3 is 0 Å². The van der Waals surface area contributed by atoms with E-state index in [4.69, 9.17) is 22.3 Å². The van der Waals surface area contributed by atoms with Crippen molar-refractivity contribution in [3.8, 4) is 0 Å². The van der Waals surface area contributed by atoms with E-state index in [0.29, 0.717) is 5.02 Å². The predicted octanol–water partition coefficient (Wildman–Crippen LogP) is 2.76. The molecule has 1 aromatic heterocycles. The van der Waals surface area contributed by atoms with Gasteiger partial charge in [-0.05, 0) is 18.2 Å². The SMILES string of the molecule is Cn1cc(Cl)c2ccc(S(=O)(=O)Cl)cc21. The summed E-state index contributed by atoms with van der Waals surface area (Å²) in [6, 6.07) is 4.59. The highest BCUT2D eigenvalue weighted by atomic mass is 35.7. The summed E-state index contributed by atoms with van der Waals surface area (Å²) in [6.07, 6.45) is 1.72. The molecule has 1 heterocycles. The molecule has 0 spiro atoms. The van der Waals surface area contributed by atoms with Crippen molar-refractivity contribution in [3.63, 3.8) is 0 Å². The molecular weight excluding hydrogens is 257 g/mol. The zero-order valence-corrected chi connectivity index (χ0v) is 10.1. The highest BCUT2D eigenvalue weighted by Gasteiger charge is 2.12. The molecule has 0 radical (unpaired) electrons. The minimum atomic E-state index is -3.69. The normalized spacial score (nSPS) is 12.2. The fourth-order valence-corrected chi connectivity index (χ4v) is 2.54. The molecule has 0 aliphatic heterocycles. The summed E-state index contributed by atoms with van der Waals surface area (Å²) in [4.78, 5) is 0.0783. The number of rotatable bonds is 1. The van der Waals surface area contributed by atoms with Crippen LogP contribution in [-0.2, 0) is 16.1 Å². The van der Waals surface area contributed by atoms with Gasteiger partial charge in [0.25, 0.3) is 9.05 Å². The van der Waals surface area contributed by atoms with Crippen molar-refractivity contribution in [1.29, 1.82) is 0 Å². The maximum atomic E-state index is 11.1. The van der Waals surface area contributed by atoms with E-state index in [9.17, 15) is 8.42 Å². The molecule has 3 nitrogen and oxygen atoms in total. The molecule has 2 rings (SSSR count). The van der Waals surface area contributed by atoms with Crippen LogP contribution in [0.3, 0.4) is 0 Å². The molecule has 0 bridgehead atoms. The van der Waals surface area contributed by atoms with Crippen molar-refractivity contribution >= 4 is 42.2 Å². The number of nitrogens with zero attached hydrogens (tertiary/aromatic N) is 1. The third kappa shape index (κ3) is 1.85. The summed E-state index contributed by atoms with van der Waals surface area (Å²) >= 11 is 5.94. The quantitative estimate of drug-likeness (QED) is 0.743. The summed E-state index contributed by atoms with van der Waals surface area (Å²) in [5, 5.41) is 1.40. The van der Waals surface area contributed by atoms with Crippen molar-refractivity contribution in [2.24, 2.45) is 7.05 Å². The second kappa shape index (κ2) is 3.40. The van der Waals surface area contributed by atoms with Crippen molar-refractivity contribution in [3.05, 3.63) is 29.4 Å². The summed E-state index contributed by atoms with van der Waals surface area (Å²) < 4.78 is 24.0. The van der Waals surface area contributed by atoms with Crippen LogP contribution < -0.4 is 0 Å². The summed E-state index contributed by atoms with van der Waals surface area (Å²) in [6.45, 7) is 0. The van der Waals surface area contributed by atoms with Crippen molar-refractivity contribution in [2.45, 2.75) is 4.90 Å². The van der Waals surface area contributed by atoms with Crippen molar-refractivity contribution in [1.82, 2.24) is 4.57 Å². The number of hydrogen-bond donors (Lipinski definition) is 0. The number of aromatic nitrogens is 1. The number of fused-ring (bicyclic) bond motifs is 1. The Hall–Kier alpha value is -0.710. The van der Waals surface area contributed by atoms with Crippen LogP contribution in [0.2, 0.25) is 5.02 Å². The smallest absolute Gasteiger partial charge is 0.261 e. The topological polar surface area (TPSA) is 39.1 Å². The fraction of sp³-hybridized carbons (Fsp3) is 0.111. The van der Waals surface area contributed by atoms with Gasteiger partial charge in [0.2, 0.25) is 0 Å². The molecule has 0 aliphatic carbocycles. The number of aryl methyl sites for hydroxylation is 1. The standard InChI is InChI=1S/C9H7Cl2NO2S/c1-12-5-8(10)7-3-2-6(4-9(7)12)15(11,13)14/h2-5H,1H3. The highest BCUT2D eigenvalue weighted by molar-refractivity contribution is 8.13. The molecule has 1 aromatic carbocycles. The molecule has 0 atom stereocenters. The fourth-order valence-electron chi connectivity index (χ4n) is 1.47. The predicted molar refractivity (Wildman–Crippen MR) is 61.0 cm³/mol. The van der Waals surface area contributed by atoms with Crippen LogP contribution >= 0.6 is 22.3 Å². The van der Waals surface area contributed by atoms with Crippen LogP contribution in [0.1, 0.15) is 0 Å². The molecule has 0 saturated carbocycles. The lowest BCUT2D eigenvalue weighted by Crippen LogP contribution is -1.91. The zero-order valence-electron chi connectivity index (χ0n) is 7.74. The van der Waals surface area contributed by atoms with Crippen molar-refractivity contribution < 1.29 is 8.42 Å². The van der Waals surface area contributed by atoms with Crippen LogP contribution in [0.5, 0.6) is 0 Å². The molecular formula is C9H7Cl2NO2S. The van der Waals surface area contributed by atoms with Crippen LogP contribution in [0.15, 0.2) is 29.3 Å². The molecule has 6 heteroatoms. The minimum Gasteiger partial charge on any atom is -0.349 e. The molecule has 0 N–H and O–H groups in total. The van der Waals surface area contributed by atoms with E-state index in [2.05, 4.69) is 0 Å². The molecule has 0 unspecified atom stereocenters. The Morgan fingerprint density at radius 3 is 2.60 bits per heavy atom. The average Bonchev–Trinajstić information content (AvgIpc) is 2.41. The van der Waals surface area contributed by atoms with E-state index in [1.54, 1.807) is 23.9 Å². The molecule has 0 aliphatic rings. The average molecular weight is 264 g/mol. The summed E-state index contributed by atoms with van der Waals surface area (Å²) in [5.41, 5.74) is 0.738. The number of benzene rings is 1. The zero-order chi connectivity index (χ0) is 11.2. The van der Waals surface area contributed by atoms with Gasteiger partial charge in [-0.25, -0.2) is 8.42 Å². The maximum Gasteiger partial charge on any atom is 0.261 e. The molecule has 0 amide bonds. The first kappa shape index (κ1) is 10.8. The Morgan fingerprint density at radius 1 is 1.33 bits per heavy atom. The van der Waals surface area contributed by atoms with Gasteiger partial charge in [-0.15, -0.1) is 0 Å². The van der Waals surface area contributed by atoms with Gasteiger partial charge in [0, 0.05) is 29.3 Å². The van der Waals surface area contributed by atoms with Gasteiger partial charge in [0.15, 0.2) is 0 Å².